The summed E-state index contributed by atoms with van der Waals surface area (Å²) < 4.78 is 0. The Labute approximate surface area is 70.4 Å². The lowest BCUT2D eigenvalue weighted by atomic mass is 10.1. The van der Waals surface area contributed by atoms with Crippen molar-refractivity contribution in [3.8, 4) is 0 Å². The maximum atomic E-state index is 10.1. The summed E-state index contributed by atoms with van der Waals surface area (Å²) in [5.74, 6) is -1.04. The Bertz CT molecular complexity index is 171. The van der Waals surface area contributed by atoms with E-state index in [1.807, 2.05) is 0 Å². The Morgan fingerprint density at radius 3 is 2.67 bits per heavy atom. The lowest BCUT2D eigenvalue weighted by Gasteiger charge is -2.08. The van der Waals surface area contributed by atoms with Crippen LogP contribution in [0.1, 0.15) is 12.8 Å². The molecular formula is C6H14N4O2. The third kappa shape index (κ3) is 6.81. The molecule has 0 saturated carbocycles. The van der Waals surface area contributed by atoms with Gasteiger partial charge in [0.15, 0.2) is 5.96 Å². The zero-order chi connectivity index (χ0) is 9.56. The summed E-state index contributed by atoms with van der Waals surface area (Å²) in [5.41, 5.74) is 10.4. The Hall–Kier alpha value is -1.30. The number of rotatable bonds is 5. The van der Waals surface area contributed by atoms with Crippen molar-refractivity contribution >= 4 is 11.9 Å². The van der Waals surface area contributed by atoms with Crippen LogP contribution in [0.4, 0.5) is 0 Å². The Kier molecular flexibility index (Phi) is 4.78. The van der Waals surface area contributed by atoms with Gasteiger partial charge in [0.25, 0.3) is 0 Å². The minimum absolute atomic E-state index is 0.0560. The van der Waals surface area contributed by atoms with Gasteiger partial charge in [-0.05, 0) is 6.42 Å². The highest BCUT2D eigenvalue weighted by molar-refractivity contribution is 5.74. The van der Waals surface area contributed by atoms with E-state index >= 15 is 0 Å². The van der Waals surface area contributed by atoms with Gasteiger partial charge in [-0.1, -0.05) is 0 Å². The molecule has 0 aliphatic carbocycles. The van der Waals surface area contributed by atoms with E-state index in [1.165, 1.54) is 0 Å². The molecule has 1 unspecified atom stereocenters. The molecule has 70 valence electrons. The van der Waals surface area contributed by atoms with Gasteiger partial charge in [0.1, 0.15) is 0 Å². The quantitative estimate of drug-likeness (QED) is 0.260. The second kappa shape index (κ2) is 5.36. The van der Waals surface area contributed by atoms with Crippen molar-refractivity contribution in [3.05, 3.63) is 0 Å². The normalized spacial score (nSPS) is 12.1. The van der Waals surface area contributed by atoms with Crippen LogP contribution in [0.5, 0.6) is 0 Å². The smallest absolute Gasteiger partial charge is 0.304 e. The summed E-state index contributed by atoms with van der Waals surface area (Å²) in [7, 11) is 0. The number of aliphatic carboxylic acids is 1. The lowest BCUT2D eigenvalue weighted by molar-refractivity contribution is -0.137. The van der Waals surface area contributed by atoms with Crippen LogP contribution in [0.2, 0.25) is 0 Å². The second-order valence-corrected chi connectivity index (χ2v) is 2.49. The van der Waals surface area contributed by atoms with Gasteiger partial charge in [-0.2, -0.15) is 0 Å². The van der Waals surface area contributed by atoms with E-state index in [2.05, 4.69) is 5.32 Å². The van der Waals surface area contributed by atoms with Gasteiger partial charge in [0.2, 0.25) is 0 Å². The van der Waals surface area contributed by atoms with Gasteiger partial charge < -0.3 is 21.9 Å². The van der Waals surface area contributed by atoms with E-state index in [9.17, 15) is 4.79 Å². The molecule has 1 atom stereocenters. The first-order valence-corrected chi connectivity index (χ1v) is 3.57. The first kappa shape index (κ1) is 10.7. The van der Waals surface area contributed by atoms with E-state index in [4.69, 9.17) is 22.0 Å². The zero-order valence-electron chi connectivity index (χ0n) is 6.71. The highest BCUT2D eigenvalue weighted by Gasteiger charge is 2.06. The van der Waals surface area contributed by atoms with Gasteiger partial charge in [-0.25, -0.2) is 0 Å². The summed E-state index contributed by atoms with van der Waals surface area (Å²) in [5, 5.41) is 17.7. The van der Waals surface area contributed by atoms with E-state index in [0.29, 0.717) is 13.0 Å². The maximum absolute atomic E-state index is 10.1. The molecule has 7 N–H and O–H groups in total. The standard InChI is InChI=1S/C6H14N4O2/c7-4(3-5(11)12)1-2-10-6(8)9/h4H,1-3,7H2,(H,11,12)(H4,8,9,10). The van der Waals surface area contributed by atoms with Crippen molar-refractivity contribution in [2.45, 2.75) is 18.9 Å². The van der Waals surface area contributed by atoms with Crippen LogP contribution < -0.4 is 16.8 Å². The third-order valence-electron chi connectivity index (χ3n) is 1.27. The number of nitrogens with two attached hydrogens (primary N) is 2. The van der Waals surface area contributed by atoms with Crippen LogP contribution >= 0.6 is 0 Å². The van der Waals surface area contributed by atoms with E-state index in [0.717, 1.165) is 0 Å². The molecule has 6 heteroatoms. The molecule has 12 heavy (non-hydrogen) atoms. The first-order chi connectivity index (χ1) is 5.52. The van der Waals surface area contributed by atoms with Crippen LogP contribution in [-0.2, 0) is 4.79 Å². The molecule has 0 aromatic rings. The second-order valence-electron chi connectivity index (χ2n) is 2.49. The Morgan fingerprint density at radius 1 is 1.67 bits per heavy atom. The van der Waals surface area contributed by atoms with Crippen molar-refractivity contribution in [2.75, 3.05) is 6.54 Å². The molecule has 0 saturated heterocycles. The SMILES string of the molecule is N=C(N)NCCC(N)CC(=O)O. The number of guanidine groups is 1. The minimum atomic E-state index is -0.912. The summed E-state index contributed by atoms with van der Waals surface area (Å²) >= 11 is 0. The van der Waals surface area contributed by atoms with Crippen LogP contribution in [0.3, 0.4) is 0 Å². The molecule has 0 fully saturated rings. The van der Waals surface area contributed by atoms with Gasteiger partial charge >= 0.3 is 5.97 Å². The number of hydrogen-bond acceptors (Lipinski definition) is 3. The fourth-order valence-electron chi connectivity index (χ4n) is 0.719. The van der Waals surface area contributed by atoms with Gasteiger partial charge in [0.05, 0.1) is 6.42 Å². The molecule has 0 aliphatic rings. The maximum Gasteiger partial charge on any atom is 0.304 e. The minimum Gasteiger partial charge on any atom is -0.481 e. The number of carboxylic acid groups (broad SMARTS) is 1. The van der Waals surface area contributed by atoms with Crippen LogP contribution in [0.15, 0.2) is 0 Å². The number of nitrogens with one attached hydrogen (secondary N) is 2. The molecule has 6 nitrogen and oxygen atoms in total. The van der Waals surface area contributed by atoms with Crippen LogP contribution in [0, 0.1) is 5.41 Å². The van der Waals surface area contributed by atoms with Crippen molar-refractivity contribution in [1.82, 2.24) is 5.32 Å². The van der Waals surface area contributed by atoms with E-state index in [-0.39, 0.29) is 18.4 Å². The van der Waals surface area contributed by atoms with Gasteiger partial charge in [-0.15, -0.1) is 0 Å². The molecule has 0 radical (unpaired) electrons. The number of carboxylic acids is 1. The van der Waals surface area contributed by atoms with Crippen molar-refractivity contribution in [3.63, 3.8) is 0 Å². The van der Waals surface area contributed by atoms with Crippen LogP contribution in [-0.4, -0.2) is 29.6 Å². The molecule has 0 amide bonds. The summed E-state index contributed by atoms with van der Waals surface area (Å²) in [4.78, 5) is 10.1. The molecule has 0 spiro atoms. The zero-order valence-corrected chi connectivity index (χ0v) is 6.71. The average Bonchev–Trinajstić information content (AvgIpc) is 1.84. The molecule has 0 aromatic heterocycles. The molecule has 0 aliphatic heterocycles. The highest BCUT2D eigenvalue weighted by atomic mass is 16.4. The molecule has 0 rings (SSSR count). The van der Waals surface area contributed by atoms with Crippen LogP contribution in [0.25, 0.3) is 0 Å². The summed E-state index contributed by atoms with van der Waals surface area (Å²) in [6.45, 7) is 0.434. The van der Waals surface area contributed by atoms with E-state index in [1.54, 1.807) is 0 Å². The molecule has 0 aromatic carbocycles. The van der Waals surface area contributed by atoms with E-state index < -0.39 is 5.97 Å². The van der Waals surface area contributed by atoms with Gasteiger partial charge in [0, 0.05) is 12.6 Å². The predicted molar refractivity (Wildman–Crippen MR) is 44.8 cm³/mol. The Morgan fingerprint density at radius 2 is 2.25 bits per heavy atom. The first-order valence-electron chi connectivity index (χ1n) is 3.57. The highest BCUT2D eigenvalue weighted by Crippen LogP contribution is 1.92. The molecule has 0 bridgehead atoms. The van der Waals surface area contributed by atoms with Crippen molar-refractivity contribution in [2.24, 2.45) is 11.5 Å². The van der Waals surface area contributed by atoms with Crippen molar-refractivity contribution in [1.29, 1.82) is 5.41 Å². The lowest BCUT2D eigenvalue weighted by Crippen LogP contribution is -2.35. The molecular weight excluding hydrogens is 160 g/mol. The fraction of sp³-hybridized carbons (Fsp3) is 0.667. The summed E-state index contributed by atoms with van der Waals surface area (Å²) in [6, 6.07) is -0.380. The Balaban J connectivity index is 3.37. The monoisotopic (exact) mass is 174 g/mol. The van der Waals surface area contributed by atoms with Crippen molar-refractivity contribution < 1.29 is 9.90 Å². The number of hydrogen-bond donors (Lipinski definition) is 5. The molecule has 0 heterocycles. The fourth-order valence-corrected chi connectivity index (χ4v) is 0.719. The summed E-state index contributed by atoms with van der Waals surface area (Å²) in [6.07, 6.45) is 0.436. The third-order valence-corrected chi connectivity index (χ3v) is 1.27. The average molecular weight is 174 g/mol. The topological polar surface area (TPSA) is 125 Å². The largest absolute Gasteiger partial charge is 0.481 e. The number of carbonyl (C=O) groups is 1. The van der Waals surface area contributed by atoms with Gasteiger partial charge in [-0.3, -0.25) is 10.2 Å². The predicted octanol–water partition coefficient (Wildman–Crippen LogP) is -1.34.